The van der Waals surface area contributed by atoms with E-state index in [2.05, 4.69) is 32.0 Å². The molecular formula is C17H25N. The highest BCUT2D eigenvalue weighted by Gasteiger charge is 2.39. The smallest absolute Gasteiger partial charge is 0.0300 e. The number of aryl methyl sites for hydroxylation is 1. The summed E-state index contributed by atoms with van der Waals surface area (Å²) in [4.78, 5) is 0. The molecule has 1 aromatic carbocycles. The van der Waals surface area contributed by atoms with Crippen LogP contribution in [0.15, 0.2) is 18.2 Å². The van der Waals surface area contributed by atoms with Crippen LogP contribution in [0.5, 0.6) is 0 Å². The molecule has 0 saturated heterocycles. The summed E-state index contributed by atoms with van der Waals surface area (Å²) >= 11 is 0. The van der Waals surface area contributed by atoms with E-state index in [-0.39, 0.29) is 6.04 Å². The maximum Gasteiger partial charge on any atom is 0.0300 e. The zero-order valence-corrected chi connectivity index (χ0v) is 11.7. The summed E-state index contributed by atoms with van der Waals surface area (Å²) < 4.78 is 0. The van der Waals surface area contributed by atoms with Gasteiger partial charge in [0, 0.05) is 6.04 Å². The molecule has 98 valence electrons. The normalized spacial score (nSPS) is 31.8. The first-order valence-electron chi connectivity index (χ1n) is 7.47. The first kappa shape index (κ1) is 12.2. The predicted octanol–water partition coefficient (Wildman–Crippen LogP) is 4.13. The Hall–Kier alpha value is -0.820. The van der Waals surface area contributed by atoms with Crippen LogP contribution in [0.1, 0.15) is 54.8 Å². The summed E-state index contributed by atoms with van der Waals surface area (Å²) in [5, 5.41) is 0. The van der Waals surface area contributed by atoms with Gasteiger partial charge in [-0.25, -0.2) is 0 Å². The van der Waals surface area contributed by atoms with Crippen molar-refractivity contribution in [2.75, 3.05) is 0 Å². The molecule has 1 nitrogen and oxygen atoms in total. The average molecular weight is 243 g/mol. The van der Waals surface area contributed by atoms with E-state index in [1.54, 1.807) is 0 Å². The molecule has 2 aliphatic carbocycles. The Balaban J connectivity index is 1.71. The number of hydrogen-bond donors (Lipinski definition) is 1. The second kappa shape index (κ2) is 4.70. The van der Waals surface area contributed by atoms with Crippen LogP contribution >= 0.6 is 0 Å². The summed E-state index contributed by atoms with van der Waals surface area (Å²) in [7, 11) is 0. The molecule has 0 amide bonds. The van der Waals surface area contributed by atoms with Crippen molar-refractivity contribution in [3.63, 3.8) is 0 Å². The fourth-order valence-corrected chi connectivity index (χ4v) is 4.29. The second-order valence-electron chi connectivity index (χ2n) is 6.57. The van der Waals surface area contributed by atoms with E-state index in [4.69, 9.17) is 5.73 Å². The lowest BCUT2D eigenvalue weighted by Crippen LogP contribution is -2.20. The zero-order chi connectivity index (χ0) is 12.7. The van der Waals surface area contributed by atoms with Gasteiger partial charge >= 0.3 is 0 Å². The second-order valence-corrected chi connectivity index (χ2v) is 6.57. The number of nitrogens with two attached hydrogens (primary N) is 1. The molecule has 0 heterocycles. The van der Waals surface area contributed by atoms with Crippen molar-refractivity contribution < 1.29 is 0 Å². The summed E-state index contributed by atoms with van der Waals surface area (Å²) in [5.74, 6) is 2.93. The van der Waals surface area contributed by atoms with Crippen LogP contribution < -0.4 is 5.73 Å². The van der Waals surface area contributed by atoms with Gasteiger partial charge in [0.15, 0.2) is 0 Å². The number of benzene rings is 1. The van der Waals surface area contributed by atoms with Crippen LogP contribution in [-0.2, 0) is 0 Å². The topological polar surface area (TPSA) is 26.0 Å². The minimum absolute atomic E-state index is 0.245. The first-order chi connectivity index (χ1) is 8.65. The van der Waals surface area contributed by atoms with E-state index in [0.29, 0.717) is 0 Å². The fourth-order valence-electron chi connectivity index (χ4n) is 4.29. The molecule has 2 N–H and O–H groups in total. The van der Waals surface area contributed by atoms with E-state index in [9.17, 15) is 0 Å². The van der Waals surface area contributed by atoms with Gasteiger partial charge in [-0.2, -0.15) is 0 Å². The molecule has 3 rings (SSSR count). The summed E-state index contributed by atoms with van der Waals surface area (Å²) in [6.07, 6.45) is 7.09. The molecule has 0 aromatic heterocycles. The molecule has 0 spiro atoms. The Morgan fingerprint density at radius 3 is 2.72 bits per heavy atom. The van der Waals surface area contributed by atoms with Crippen molar-refractivity contribution in [1.82, 2.24) is 0 Å². The van der Waals surface area contributed by atoms with E-state index in [1.165, 1.54) is 48.8 Å². The van der Waals surface area contributed by atoms with Crippen LogP contribution in [0.2, 0.25) is 0 Å². The van der Waals surface area contributed by atoms with Crippen LogP contribution in [-0.4, -0.2) is 0 Å². The lowest BCUT2D eigenvalue weighted by molar-refractivity contribution is 0.296. The van der Waals surface area contributed by atoms with Crippen molar-refractivity contribution in [3.05, 3.63) is 34.9 Å². The third kappa shape index (κ3) is 2.09. The Bertz CT molecular complexity index is 437. The molecule has 4 unspecified atom stereocenters. The molecule has 2 bridgehead atoms. The quantitative estimate of drug-likeness (QED) is 0.848. The van der Waals surface area contributed by atoms with Gasteiger partial charge in [-0.1, -0.05) is 24.6 Å². The Kier molecular flexibility index (Phi) is 3.19. The Morgan fingerprint density at radius 1 is 1.22 bits per heavy atom. The third-order valence-corrected chi connectivity index (χ3v) is 5.49. The molecule has 18 heavy (non-hydrogen) atoms. The summed E-state index contributed by atoms with van der Waals surface area (Å²) in [5.41, 5.74) is 10.6. The molecule has 2 aliphatic rings. The van der Waals surface area contributed by atoms with Crippen LogP contribution in [0, 0.1) is 31.6 Å². The van der Waals surface area contributed by atoms with Gasteiger partial charge in [-0.15, -0.1) is 0 Å². The standard InChI is InChI=1S/C17H25N/c1-11-4-3-5-16(12(11)2)17(18)10-15-9-13-6-7-14(15)8-13/h3-5,13-15,17H,6-10,18H2,1-2H3. The van der Waals surface area contributed by atoms with Gasteiger partial charge in [0.25, 0.3) is 0 Å². The van der Waals surface area contributed by atoms with Gasteiger partial charge in [-0.05, 0) is 74.0 Å². The van der Waals surface area contributed by atoms with Gasteiger partial charge < -0.3 is 5.73 Å². The molecule has 2 saturated carbocycles. The van der Waals surface area contributed by atoms with E-state index < -0.39 is 0 Å². The molecule has 0 radical (unpaired) electrons. The SMILES string of the molecule is Cc1cccc(C(N)CC2CC3CCC2C3)c1C. The van der Waals surface area contributed by atoms with Crippen LogP contribution in [0.4, 0.5) is 0 Å². The molecule has 4 atom stereocenters. The molecule has 1 aromatic rings. The van der Waals surface area contributed by atoms with Gasteiger partial charge in [0.2, 0.25) is 0 Å². The third-order valence-electron chi connectivity index (χ3n) is 5.49. The Morgan fingerprint density at radius 2 is 2.06 bits per heavy atom. The summed E-state index contributed by atoms with van der Waals surface area (Å²) in [6, 6.07) is 6.80. The maximum absolute atomic E-state index is 6.48. The first-order valence-corrected chi connectivity index (χ1v) is 7.47. The molecule has 2 fully saturated rings. The molecule has 1 heteroatoms. The van der Waals surface area contributed by atoms with E-state index >= 15 is 0 Å². The minimum atomic E-state index is 0.245. The van der Waals surface area contributed by atoms with Crippen LogP contribution in [0.3, 0.4) is 0 Å². The molecule has 0 aliphatic heterocycles. The van der Waals surface area contributed by atoms with Gasteiger partial charge in [0.1, 0.15) is 0 Å². The van der Waals surface area contributed by atoms with Crippen molar-refractivity contribution >= 4 is 0 Å². The lowest BCUT2D eigenvalue weighted by atomic mass is 9.82. The van der Waals surface area contributed by atoms with E-state index in [0.717, 1.165) is 17.8 Å². The monoisotopic (exact) mass is 243 g/mol. The van der Waals surface area contributed by atoms with Gasteiger partial charge in [-0.3, -0.25) is 0 Å². The van der Waals surface area contributed by atoms with Crippen LogP contribution in [0.25, 0.3) is 0 Å². The Labute approximate surface area is 111 Å². The molecular weight excluding hydrogens is 218 g/mol. The fraction of sp³-hybridized carbons (Fsp3) is 0.647. The lowest BCUT2D eigenvalue weighted by Gasteiger charge is -2.26. The van der Waals surface area contributed by atoms with Crippen molar-refractivity contribution in [1.29, 1.82) is 0 Å². The van der Waals surface area contributed by atoms with Crippen molar-refractivity contribution in [2.24, 2.45) is 23.5 Å². The maximum atomic E-state index is 6.48. The number of fused-ring (bicyclic) bond motifs is 2. The van der Waals surface area contributed by atoms with E-state index in [1.807, 2.05) is 0 Å². The van der Waals surface area contributed by atoms with Crippen molar-refractivity contribution in [3.8, 4) is 0 Å². The number of rotatable bonds is 3. The number of hydrogen-bond acceptors (Lipinski definition) is 1. The predicted molar refractivity (Wildman–Crippen MR) is 76.4 cm³/mol. The highest BCUT2D eigenvalue weighted by molar-refractivity contribution is 5.35. The summed E-state index contributed by atoms with van der Waals surface area (Å²) in [6.45, 7) is 4.40. The van der Waals surface area contributed by atoms with Crippen molar-refractivity contribution in [2.45, 2.75) is 52.0 Å². The highest BCUT2D eigenvalue weighted by atomic mass is 14.6. The van der Waals surface area contributed by atoms with Gasteiger partial charge in [0.05, 0.1) is 0 Å². The average Bonchev–Trinajstić information content (AvgIpc) is 2.94. The zero-order valence-electron chi connectivity index (χ0n) is 11.7. The highest BCUT2D eigenvalue weighted by Crippen LogP contribution is 2.50. The largest absolute Gasteiger partial charge is 0.324 e. The minimum Gasteiger partial charge on any atom is -0.324 e.